The SMILES string of the molecule is O=C1CC[C@H]2CN(Cc3ccc4c(c3)OCO4)CC[C@H]2N1CCc1cnc[nH]1. The van der Waals surface area contributed by atoms with Gasteiger partial charge in [0.15, 0.2) is 11.5 Å². The molecule has 7 nitrogen and oxygen atoms in total. The fourth-order valence-electron chi connectivity index (χ4n) is 4.82. The topological polar surface area (TPSA) is 70.7 Å². The number of aromatic nitrogens is 2. The van der Waals surface area contributed by atoms with Gasteiger partial charge in [0.05, 0.1) is 6.33 Å². The number of nitrogens with one attached hydrogen (secondary N) is 1. The lowest BCUT2D eigenvalue weighted by Gasteiger charge is -2.47. The smallest absolute Gasteiger partial charge is 0.231 e. The number of hydrogen-bond donors (Lipinski definition) is 1. The molecule has 4 heterocycles. The van der Waals surface area contributed by atoms with Crippen molar-refractivity contribution in [1.29, 1.82) is 0 Å². The number of fused-ring (bicyclic) bond motifs is 2. The van der Waals surface area contributed by atoms with Gasteiger partial charge in [-0.25, -0.2) is 4.98 Å². The summed E-state index contributed by atoms with van der Waals surface area (Å²) in [5.74, 6) is 2.55. The second kappa shape index (κ2) is 7.47. The number of likely N-dealkylation sites (tertiary alicyclic amines) is 2. The number of H-pyrrole nitrogens is 1. The van der Waals surface area contributed by atoms with E-state index in [1.807, 2.05) is 12.3 Å². The van der Waals surface area contributed by atoms with Crippen LogP contribution in [0, 0.1) is 5.92 Å². The Hall–Kier alpha value is -2.54. The highest BCUT2D eigenvalue weighted by Gasteiger charge is 2.39. The molecule has 2 aromatic rings. The van der Waals surface area contributed by atoms with E-state index in [2.05, 4.69) is 31.9 Å². The van der Waals surface area contributed by atoms with Gasteiger partial charge in [0.25, 0.3) is 0 Å². The summed E-state index contributed by atoms with van der Waals surface area (Å²) in [7, 11) is 0. The highest BCUT2D eigenvalue weighted by Crippen LogP contribution is 2.35. The minimum atomic E-state index is 0.310. The minimum Gasteiger partial charge on any atom is -0.454 e. The number of imidazole rings is 1. The molecule has 1 aromatic heterocycles. The van der Waals surface area contributed by atoms with Crippen LogP contribution in [0.2, 0.25) is 0 Å². The molecule has 0 bridgehead atoms. The zero-order chi connectivity index (χ0) is 18.9. The maximum atomic E-state index is 12.6. The molecule has 1 aromatic carbocycles. The Morgan fingerprint density at radius 2 is 2.14 bits per heavy atom. The summed E-state index contributed by atoms with van der Waals surface area (Å²) in [6.07, 6.45) is 7.11. The van der Waals surface area contributed by atoms with Crippen molar-refractivity contribution in [2.75, 3.05) is 26.4 Å². The number of carbonyl (C=O) groups is 1. The average Bonchev–Trinajstić information content (AvgIpc) is 3.38. The zero-order valence-electron chi connectivity index (χ0n) is 16.0. The van der Waals surface area contributed by atoms with Crippen LogP contribution in [0.5, 0.6) is 11.5 Å². The average molecular weight is 382 g/mol. The number of rotatable bonds is 5. The number of amides is 1. The monoisotopic (exact) mass is 382 g/mol. The number of carbonyl (C=O) groups excluding carboxylic acids is 1. The van der Waals surface area contributed by atoms with E-state index in [0.29, 0.717) is 31.1 Å². The van der Waals surface area contributed by atoms with Crippen molar-refractivity contribution in [3.8, 4) is 11.5 Å². The number of nitrogens with zero attached hydrogens (tertiary/aromatic N) is 3. The highest BCUT2D eigenvalue weighted by molar-refractivity contribution is 5.77. The zero-order valence-corrected chi connectivity index (χ0v) is 16.0. The number of ether oxygens (including phenoxy) is 2. The van der Waals surface area contributed by atoms with Gasteiger partial charge in [0.2, 0.25) is 12.7 Å². The third-order valence-corrected chi connectivity index (χ3v) is 6.25. The van der Waals surface area contributed by atoms with Crippen LogP contribution >= 0.6 is 0 Å². The second-order valence-corrected chi connectivity index (χ2v) is 7.99. The number of piperidine rings is 2. The van der Waals surface area contributed by atoms with Gasteiger partial charge >= 0.3 is 0 Å². The van der Waals surface area contributed by atoms with Crippen LogP contribution in [0.4, 0.5) is 0 Å². The maximum absolute atomic E-state index is 12.6. The van der Waals surface area contributed by atoms with Gasteiger partial charge in [0.1, 0.15) is 0 Å². The van der Waals surface area contributed by atoms with E-state index in [1.54, 1.807) is 6.33 Å². The Balaban J connectivity index is 1.21. The first kappa shape index (κ1) is 17.6. The molecular formula is C21H26N4O3. The maximum Gasteiger partial charge on any atom is 0.231 e. The van der Waals surface area contributed by atoms with Gasteiger partial charge in [-0.05, 0) is 36.5 Å². The van der Waals surface area contributed by atoms with Crippen molar-refractivity contribution in [3.63, 3.8) is 0 Å². The van der Waals surface area contributed by atoms with Crippen molar-refractivity contribution in [3.05, 3.63) is 42.0 Å². The van der Waals surface area contributed by atoms with Crippen LogP contribution in [0.25, 0.3) is 0 Å². The largest absolute Gasteiger partial charge is 0.454 e. The standard InChI is InChI=1S/C21H26N4O3/c26-21-4-2-16-12-24(11-15-1-3-19-20(9-15)28-14-27-19)7-6-18(16)25(21)8-5-17-10-22-13-23-17/h1,3,9-10,13,16,18H,2,4-8,11-12,14H2,(H,22,23)/t16-,18+/m0/s1. The molecule has 5 rings (SSSR count). The van der Waals surface area contributed by atoms with Crippen molar-refractivity contribution < 1.29 is 14.3 Å². The summed E-state index contributed by atoms with van der Waals surface area (Å²) in [5.41, 5.74) is 2.35. The summed E-state index contributed by atoms with van der Waals surface area (Å²) >= 11 is 0. The van der Waals surface area contributed by atoms with Crippen LogP contribution in [0.1, 0.15) is 30.5 Å². The molecule has 0 spiro atoms. The van der Waals surface area contributed by atoms with E-state index in [0.717, 1.165) is 62.6 Å². The predicted octanol–water partition coefficient (Wildman–Crippen LogP) is 2.19. The lowest BCUT2D eigenvalue weighted by atomic mass is 9.83. The summed E-state index contributed by atoms with van der Waals surface area (Å²) in [6.45, 7) is 4.08. The minimum absolute atomic E-state index is 0.310. The molecule has 2 atom stereocenters. The van der Waals surface area contributed by atoms with Gasteiger partial charge in [-0.3, -0.25) is 9.69 Å². The molecule has 1 amide bonds. The van der Waals surface area contributed by atoms with E-state index < -0.39 is 0 Å². The molecule has 0 unspecified atom stereocenters. The van der Waals surface area contributed by atoms with Crippen LogP contribution in [-0.4, -0.2) is 58.1 Å². The number of aromatic amines is 1. The number of hydrogen-bond acceptors (Lipinski definition) is 5. The molecule has 0 aliphatic carbocycles. The molecule has 0 radical (unpaired) electrons. The van der Waals surface area contributed by atoms with E-state index in [9.17, 15) is 4.79 Å². The molecule has 7 heteroatoms. The third-order valence-electron chi connectivity index (χ3n) is 6.25. The Labute approximate surface area is 164 Å². The summed E-state index contributed by atoms with van der Waals surface area (Å²) in [5, 5.41) is 0. The molecule has 148 valence electrons. The van der Waals surface area contributed by atoms with Gasteiger partial charge in [-0.2, -0.15) is 0 Å². The van der Waals surface area contributed by atoms with E-state index in [1.165, 1.54) is 5.56 Å². The predicted molar refractivity (Wildman–Crippen MR) is 103 cm³/mol. The fourth-order valence-corrected chi connectivity index (χ4v) is 4.82. The van der Waals surface area contributed by atoms with Gasteiger partial charge in [0, 0.05) is 57.0 Å². The Bertz CT molecular complexity index is 838. The van der Waals surface area contributed by atoms with E-state index in [-0.39, 0.29) is 0 Å². The Kier molecular flexibility index (Phi) is 4.68. The quantitative estimate of drug-likeness (QED) is 0.858. The molecule has 28 heavy (non-hydrogen) atoms. The van der Waals surface area contributed by atoms with Crippen LogP contribution < -0.4 is 9.47 Å². The van der Waals surface area contributed by atoms with Crippen molar-refractivity contribution in [1.82, 2.24) is 19.8 Å². The van der Waals surface area contributed by atoms with Crippen LogP contribution in [-0.2, 0) is 17.8 Å². The van der Waals surface area contributed by atoms with Crippen molar-refractivity contribution in [2.45, 2.75) is 38.3 Å². The first-order valence-corrected chi connectivity index (χ1v) is 10.1. The molecule has 3 aliphatic rings. The number of benzene rings is 1. The molecule has 2 fully saturated rings. The first-order valence-electron chi connectivity index (χ1n) is 10.1. The van der Waals surface area contributed by atoms with Gasteiger partial charge < -0.3 is 19.4 Å². The molecule has 2 saturated heterocycles. The molecule has 3 aliphatic heterocycles. The van der Waals surface area contributed by atoms with Crippen molar-refractivity contribution in [2.24, 2.45) is 5.92 Å². The summed E-state index contributed by atoms with van der Waals surface area (Å²) < 4.78 is 10.9. The third kappa shape index (κ3) is 3.46. The van der Waals surface area contributed by atoms with Crippen LogP contribution in [0.3, 0.4) is 0 Å². The lowest BCUT2D eigenvalue weighted by Crippen LogP contribution is -2.56. The van der Waals surface area contributed by atoms with Crippen LogP contribution in [0.15, 0.2) is 30.7 Å². The highest BCUT2D eigenvalue weighted by atomic mass is 16.7. The first-order chi connectivity index (χ1) is 13.8. The summed E-state index contributed by atoms with van der Waals surface area (Å²) in [6, 6.07) is 6.59. The second-order valence-electron chi connectivity index (χ2n) is 7.99. The summed E-state index contributed by atoms with van der Waals surface area (Å²) in [4.78, 5) is 24.4. The van der Waals surface area contributed by atoms with Gasteiger partial charge in [-0.15, -0.1) is 0 Å². The Morgan fingerprint density at radius 3 is 3.04 bits per heavy atom. The van der Waals surface area contributed by atoms with E-state index in [4.69, 9.17) is 9.47 Å². The Morgan fingerprint density at radius 1 is 1.21 bits per heavy atom. The molecule has 0 saturated carbocycles. The fraction of sp³-hybridized carbons (Fsp3) is 0.524. The molecule has 1 N–H and O–H groups in total. The van der Waals surface area contributed by atoms with Crippen molar-refractivity contribution >= 4 is 5.91 Å². The van der Waals surface area contributed by atoms with E-state index >= 15 is 0 Å². The molecular weight excluding hydrogens is 356 g/mol. The van der Waals surface area contributed by atoms with Gasteiger partial charge in [-0.1, -0.05) is 6.07 Å². The normalized spacial score (nSPS) is 24.4. The lowest BCUT2D eigenvalue weighted by molar-refractivity contribution is -0.141.